The van der Waals surface area contributed by atoms with Gasteiger partial charge in [-0.3, -0.25) is 19.6 Å². The molecule has 5 rings (SSSR count). The third-order valence-corrected chi connectivity index (χ3v) is 11.0. The molecule has 1 aliphatic carbocycles. The smallest absolute Gasteiger partial charge is 0.419 e. The number of nitrogens with zero attached hydrogens (tertiary/aromatic N) is 4. The lowest BCUT2D eigenvalue weighted by Gasteiger charge is -2.50. The van der Waals surface area contributed by atoms with Crippen molar-refractivity contribution in [2.45, 2.75) is 93.8 Å². The number of fused-ring (bicyclic) bond motifs is 1. The number of amides is 2. The van der Waals surface area contributed by atoms with E-state index < -0.39 is 48.5 Å². The highest BCUT2D eigenvalue weighted by atomic mass is 16.6. The molecule has 2 amide bonds. The van der Waals surface area contributed by atoms with E-state index in [4.69, 9.17) is 35.2 Å². The van der Waals surface area contributed by atoms with Gasteiger partial charge in [-0.05, 0) is 73.8 Å². The lowest BCUT2D eigenvalue weighted by Crippen LogP contribution is -2.49. The van der Waals surface area contributed by atoms with E-state index in [0.717, 1.165) is 12.8 Å². The minimum atomic E-state index is -1.07. The predicted octanol–water partition coefficient (Wildman–Crippen LogP) is 8.63. The van der Waals surface area contributed by atoms with Gasteiger partial charge in [0.15, 0.2) is 17.6 Å². The Morgan fingerprint density at radius 1 is 1.02 bits per heavy atom. The average Bonchev–Trinajstić information content (AvgIpc) is 3.75. The number of carbonyl (C=O) groups is 5. The van der Waals surface area contributed by atoms with E-state index >= 15 is 0 Å². The summed E-state index contributed by atoms with van der Waals surface area (Å²) in [6.07, 6.45) is -1.35. The van der Waals surface area contributed by atoms with Crippen LogP contribution in [0.15, 0.2) is 48.5 Å². The Bertz CT molecular complexity index is 2290. The third kappa shape index (κ3) is 10.3. The van der Waals surface area contributed by atoms with Gasteiger partial charge in [0.05, 0.1) is 26.0 Å². The molecule has 2 aromatic heterocycles. The van der Waals surface area contributed by atoms with Crippen molar-refractivity contribution < 1.29 is 47.7 Å². The molecule has 0 spiro atoms. The number of nitrogens with one attached hydrogen (secondary N) is 2. The first-order valence-corrected chi connectivity index (χ1v) is 20.3. The van der Waals surface area contributed by atoms with Crippen LogP contribution >= 0.6 is 0 Å². The van der Waals surface area contributed by atoms with E-state index in [0.29, 0.717) is 17.2 Å². The summed E-state index contributed by atoms with van der Waals surface area (Å²) in [4.78, 5) is 75.6. The van der Waals surface area contributed by atoms with Gasteiger partial charge < -0.3 is 29.0 Å². The van der Waals surface area contributed by atoms with E-state index in [2.05, 4.69) is 63.7 Å². The average molecular weight is 841 g/mol. The molecule has 326 valence electrons. The molecular weight excluding hydrogens is 785 g/mol. The van der Waals surface area contributed by atoms with Gasteiger partial charge in [0.25, 0.3) is 5.69 Å². The summed E-state index contributed by atoms with van der Waals surface area (Å²) in [6, 6.07) is 13.3. The van der Waals surface area contributed by atoms with Gasteiger partial charge in [-0.2, -0.15) is 0 Å². The lowest BCUT2D eigenvalue weighted by molar-refractivity contribution is -0.148. The van der Waals surface area contributed by atoms with Crippen molar-refractivity contribution in [1.29, 1.82) is 0 Å². The van der Waals surface area contributed by atoms with Crippen LogP contribution in [-0.4, -0.2) is 77.5 Å². The molecule has 1 aliphatic rings. The van der Waals surface area contributed by atoms with Crippen molar-refractivity contribution in [2.75, 3.05) is 31.0 Å². The fourth-order valence-electron chi connectivity index (χ4n) is 7.77. The largest absolute Gasteiger partial charge is 0.477 e. The Labute approximate surface area is 356 Å². The Morgan fingerprint density at radius 2 is 1.66 bits per heavy atom. The molecule has 2 N–H and O–H groups in total. The summed E-state index contributed by atoms with van der Waals surface area (Å²) in [7, 11) is 2.72. The predicted molar refractivity (Wildman–Crippen MR) is 228 cm³/mol. The monoisotopic (exact) mass is 840 g/mol. The second-order valence-corrected chi connectivity index (χ2v) is 17.6. The zero-order chi connectivity index (χ0) is 45.0. The number of H-pyrrole nitrogens is 1. The van der Waals surface area contributed by atoms with Crippen LogP contribution in [0.5, 0.6) is 11.6 Å². The summed E-state index contributed by atoms with van der Waals surface area (Å²) in [5.74, 6) is -2.67. The molecule has 0 bridgehead atoms. The highest BCUT2D eigenvalue weighted by Gasteiger charge is 2.48. The van der Waals surface area contributed by atoms with Crippen molar-refractivity contribution in [1.82, 2.24) is 14.6 Å². The fraction of sp³-hybridized carbons (Fsp3) is 0.489. The number of anilines is 2. The van der Waals surface area contributed by atoms with Gasteiger partial charge in [0.1, 0.15) is 23.8 Å². The number of carbonyl (C=O) groups excluding carboxylic acids is 5. The second-order valence-electron chi connectivity index (χ2n) is 17.6. The molecule has 2 aromatic carbocycles. The van der Waals surface area contributed by atoms with Crippen LogP contribution in [0.1, 0.15) is 91.9 Å². The second kappa shape index (κ2) is 18.5. The van der Waals surface area contributed by atoms with Crippen molar-refractivity contribution in [3.63, 3.8) is 0 Å². The van der Waals surface area contributed by atoms with Crippen LogP contribution in [0.25, 0.3) is 21.9 Å². The molecule has 16 heteroatoms. The van der Waals surface area contributed by atoms with Crippen molar-refractivity contribution in [3.8, 4) is 23.0 Å². The van der Waals surface area contributed by atoms with Crippen molar-refractivity contribution in [3.05, 3.63) is 65.5 Å². The summed E-state index contributed by atoms with van der Waals surface area (Å²) in [5.41, 5.74) is -0.0587. The Hall–Kier alpha value is -6.37. The van der Waals surface area contributed by atoms with E-state index in [1.54, 1.807) is 43.3 Å². The maximum absolute atomic E-state index is 14.7. The minimum Gasteiger partial charge on any atom is -0.477 e. The molecule has 0 aliphatic heterocycles. The highest BCUT2D eigenvalue weighted by molar-refractivity contribution is 6.06. The number of esters is 3. The van der Waals surface area contributed by atoms with E-state index in [1.807, 2.05) is 0 Å². The molecule has 1 fully saturated rings. The summed E-state index contributed by atoms with van der Waals surface area (Å²) in [5, 5.41) is 5.70. The fourth-order valence-corrected chi connectivity index (χ4v) is 7.77. The number of para-hydroxylation sites is 1. The molecule has 61 heavy (non-hydrogen) atoms. The first-order chi connectivity index (χ1) is 28.7. The maximum atomic E-state index is 14.7. The first kappa shape index (κ1) is 45.7. The maximum Gasteiger partial charge on any atom is 0.419 e. The molecular formula is C45H56N6O10. The Balaban J connectivity index is 1.66. The Morgan fingerprint density at radius 3 is 2.23 bits per heavy atom. The minimum absolute atomic E-state index is 0.00872. The van der Waals surface area contributed by atoms with Gasteiger partial charge in [-0.25, -0.2) is 28.7 Å². The number of rotatable bonds is 12. The van der Waals surface area contributed by atoms with Gasteiger partial charge in [0, 0.05) is 30.1 Å². The molecule has 0 saturated heterocycles. The highest BCUT2D eigenvalue weighted by Crippen LogP contribution is 2.50. The van der Waals surface area contributed by atoms with Gasteiger partial charge in [-0.15, -0.1) is 0 Å². The van der Waals surface area contributed by atoms with E-state index in [9.17, 15) is 24.0 Å². The molecule has 4 aromatic rings. The third-order valence-electron chi connectivity index (χ3n) is 11.0. The van der Waals surface area contributed by atoms with Crippen LogP contribution in [0.4, 0.5) is 21.9 Å². The number of aromatic amines is 1. The quantitative estimate of drug-likeness (QED) is 0.0602. The molecule has 1 saturated carbocycles. The Kier molecular flexibility index (Phi) is 13.9. The van der Waals surface area contributed by atoms with Crippen LogP contribution in [0, 0.1) is 35.2 Å². The van der Waals surface area contributed by atoms with E-state index in [-0.39, 0.29) is 69.3 Å². The van der Waals surface area contributed by atoms with Gasteiger partial charge >= 0.3 is 24.0 Å². The molecule has 3 unspecified atom stereocenters. The number of hydrogen-bond donors (Lipinski definition) is 2. The van der Waals surface area contributed by atoms with Crippen molar-refractivity contribution >= 4 is 52.6 Å². The normalized spacial score (nSPS) is 18.3. The molecule has 2 heterocycles. The van der Waals surface area contributed by atoms with Crippen LogP contribution in [0.2, 0.25) is 0 Å². The van der Waals surface area contributed by atoms with Gasteiger partial charge in [-0.1, -0.05) is 66.7 Å². The van der Waals surface area contributed by atoms with Crippen LogP contribution < -0.4 is 19.7 Å². The zero-order valence-electron chi connectivity index (χ0n) is 36.7. The SMILES string of the molecule is [C-]#[N+]c1c(C(=O)OC2C(C(C)(C)C)CC(C)CC2C(C)(C)C)c2nc(-c3ccc(OC(C)C(=O)OC)c(NC(=O)CC(=O)OCC)c3)[nH]n2c1OC(=O)N(C)c1ccccc1. The molecule has 16 nitrogen and oxygen atoms in total. The number of hydrogen-bond acceptors (Lipinski definition) is 11. The summed E-state index contributed by atoms with van der Waals surface area (Å²) < 4.78 is 29.3. The number of benzene rings is 2. The number of ether oxygens (including phenoxy) is 5. The molecule has 0 radical (unpaired) electrons. The van der Waals surface area contributed by atoms with E-state index in [1.165, 1.54) is 42.6 Å². The summed E-state index contributed by atoms with van der Waals surface area (Å²) >= 11 is 0. The van der Waals surface area contributed by atoms with Crippen LogP contribution in [-0.2, 0) is 28.6 Å². The topological polar surface area (TPSA) is 184 Å². The summed E-state index contributed by atoms with van der Waals surface area (Å²) in [6.45, 7) is 26.5. The number of aromatic nitrogens is 3. The molecule has 3 atom stereocenters. The first-order valence-electron chi connectivity index (χ1n) is 20.3. The van der Waals surface area contributed by atoms with Gasteiger partial charge in [0.2, 0.25) is 11.8 Å². The number of methoxy groups -OCH3 is 1. The van der Waals surface area contributed by atoms with Crippen LogP contribution in [0.3, 0.4) is 0 Å². The zero-order valence-corrected chi connectivity index (χ0v) is 36.7. The van der Waals surface area contributed by atoms with Crippen molar-refractivity contribution in [2.24, 2.45) is 28.6 Å². The lowest BCUT2D eigenvalue weighted by atomic mass is 9.59. The standard InChI is InChI=1S/C45H56N6O10/c1-13-58-34(53)24-33(52)47-31-23-27(19-20-32(31)59-26(3)41(54)57-12)38-48-39-35(42(55)60-37-29(44(4,5)6)21-25(2)22-30(37)45(7,8)9)36(46-10)40(51(39)49-38)61-43(56)50(11)28-17-15-14-16-18-28/h14-20,23,25-26,29-30,37H,13,21-22,24H2,1-9,11-12H3,(H,47,52)(H,48,49).